The summed E-state index contributed by atoms with van der Waals surface area (Å²) in [5.41, 5.74) is 0.282. The number of likely N-dealkylation sites (tertiary alicyclic amines) is 1. The van der Waals surface area contributed by atoms with Crippen LogP contribution < -0.4 is 5.56 Å². The maximum absolute atomic E-state index is 13.5. The highest BCUT2D eigenvalue weighted by Crippen LogP contribution is 2.36. The minimum Gasteiger partial charge on any atom is -0.394 e. The topological polar surface area (TPSA) is 113 Å². The zero-order valence-corrected chi connectivity index (χ0v) is 18.8. The van der Waals surface area contributed by atoms with Crippen molar-refractivity contribution in [1.82, 2.24) is 24.5 Å². The zero-order valence-electron chi connectivity index (χ0n) is 18.8. The van der Waals surface area contributed by atoms with Gasteiger partial charge in [0.2, 0.25) is 5.78 Å². The number of amides is 1. The summed E-state index contributed by atoms with van der Waals surface area (Å²) in [7, 11) is 0. The number of aromatic nitrogens is 4. The largest absolute Gasteiger partial charge is 0.394 e. The molecule has 33 heavy (non-hydrogen) atoms. The Bertz CT molecular complexity index is 1140. The van der Waals surface area contributed by atoms with Crippen molar-refractivity contribution < 1.29 is 14.6 Å². The molecule has 1 saturated heterocycles. The number of H-pyrrole nitrogens is 1. The molecule has 1 amide bonds. The van der Waals surface area contributed by atoms with Crippen molar-refractivity contribution in [3.8, 4) is 0 Å². The molecule has 0 radical (unpaired) electrons. The molecule has 1 aliphatic heterocycles. The third kappa shape index (κ3) is 4.27. The first-order valence-electron chi connectivity index (χ1n) is 12.0. The highest BCUT2D eigenvalue weighted by Gasteiger charge is 2.45. The number of carbonyl (C=O) groups is 1. The molecule has 1 saturated carbocycles. The van der Waals surface area contributed by atoms with Crippen LogP contribution >= 0.6 is 0 Å². The Balaban J connectivity index is 1.38. The number of aromatic amines is 1. The number of fused-ring (bicyclic) bond motifs is 1. The summed E-state index contributed by atoms with van der Waals surface area (Å²) in [6.07, 6.45) is 14.0. The van der Waals surface area contributed by atoms with Crippen LogP contribution in [0.2, 0.25) is 0 Å². The zero-order chi connectivity index (χ0) is 22.8. The van der Waals surface area contributed by atoms with Crippen LogP contribution in [0.3, 0.4) is 0 Å². The summed E-state index contributed by atoms with van der Waals surface area (Å²) in [6.45, 7) is 0.747. The number of aliphatic hydroxyl groups is 1. The summed E-state index contributed by atoms with van der Waals surface area (Å²) in [6, 6.07) is 1.33. The summed E-state index contributed by atoms with van der Waals surface area (Å²) in [4.78, 5) is 35.7. The van der Waals surface area contributed by atoms with Gasteiger partial charge < -0.3 is 19.7 Å². The Kier molecular flexibility index (Phi) is 6.16. The van der Waals surface area contributed by atoms with E-state index in [9.17, 15) is 14.7 Å². The molecule has 2 aromatic heterocycles. The SMILES string of the molecule is O=C(N1CCC[C@H]1CO)C1(OCc2cc(=O)n3nc(C4=CCCC=C4)nc3[nH]2)CCCCC1. The Morgan fingerprint density at radius 1 is 1.24 bits per heavy atom. The Morgan fingerprint density at radius 2 is 2.09 bits per heavy atom. The van der Waals surface area contributed by atoms with Crippen LogP contribution in [0.4, 0.5) is 0 Å². The molecule has 0 spiro atoms. The average Bonchev–Trinajstić information content (AvgIpc) is 3.51. The fraction of sp³-hybridized carbons (Fsp3) is 0.583. The van der Waals surface area contributed by atoms with Gasteiger partial charge in [0, 0.05) is 23.9 Å². The van der Waals surface area contributed by atoms with Gasteiger partial charge in [-0.05, 0) is 38.5 Å². The molecule has 9 nitrogen and oxygen atoms in total. The fourth-order valence-corrected chi connectivity index (χ4v) is 5.23. The summed E-state index contributed by atoms with van der Waals surface area (Å²) in [5.74, 6) is 0.850. The predicted molar refractivity (Wildman–Crippen MR) is 122 cm³/mol. The number of aliphatic hydroxyl groups excluding tert-OH is 1. The lowest BCUT2D eigenvalue weighted by Crippen LogP contribution is -2.53. The van der Waals surface area contributed by atoms with E-state index in [4.69, 9.17) is 4.74 Å². The number of rotatable bonds is 6. The average molecular weight is 454 g/mol. The Hall–Kier alpha value is -2.78. The van der Waals surface area contributed by atoms with E-state index in [0.29, 0.717) is 36.7 Å². The van der Waals surface area contributed by atoms with Crippen molar-refractivity contribution in [3.63, 3.8) is 0 Å². The molecule has 5 rings (SSSR count). The Labute approximate surface area is 192 Å². The lowest BCUT2D eigenvalue weighted by atomic mass is 9.83. The number of hydrogen-bond donors (Lipinski definition) is 2. The molecule has 176 valence electrons. The molecule has 3 heterocycles. The minimum atomic E-state index is -0.907. The molecule has 0 unspecified atom stereocenters. The van der Waals surface area contributed by atoms with Crippen LogP contribution in [0.5, 0.6) is 0 Å². The molecule has 0 aromatic carbocycles. The molecule has 2 aliphatic carbocycles. The van der Waals surface area contributed by atoms with Gasteiger partial charge in [-0.3, -0.25) is 9.59 Å². The van der Waals surface area contributed by atoms with Crippen LogP contribution in [0.25, 0.3) is 11.4 Å². The predicted octanol–water partition coefficient (Wildman–Crippen LogP) is 2.35. The second-order valence-electron chi connectivity index (χ2n) is 9.26. The van der Waals surface area contributed by atoms with Crippen LogP contribution in [0.1, 0.15) is 69.3 Å². The molecule has 2 fully saturated rings. The lowest BCUT2D eigenvalue weighted by molar-refractivity contribution is -0.167. The number of ether oxygens (including phenoxy) is 1. The third-order valence-corrected chi connectivity index (χ3v) is 7.04. The van der Waals surface area contributed by atoms with E-state index in [1.165, 1.54) is 10.6 Å². The first-order chi connectivity index (χ1) is 16.1. The molecule has 1 atom stereocenters. The quantitative estimate of drug-likeness (QED) is 0.694. The van der Waals surface area contributed by atoms with Gasteiger partial charge in [0.15, 0.2) is 5.82 Å². The van der Waals surface area contributed by atoms with E-state index in [2.05, 4.69) is 27.2 Å². The van der Waals surface area contributed by atoms with Gasteiger partial charge in [-0.25, -0.2) is 0 Å². The Morgan fingerprint density at radius 3 is 2.85 bits per heavy atom. The van der Waals surface area contributed by atoms with E-state index in [-0.39, 0.29) is 30.7 Å². The number of carbonyl (C=O) groups excluding carboxylic acids is 1. The fourth-order valence-electron chi connectivity index (χ4n) is 5.23. The van der Waals surface area contributed by atoms with Crippen LogP contribution in [0, 0.1) is 0 Å². The van der Waals surface area contributed by atoms with Crippen molar-refractivity contribution in [3.05, 3.63) is 46.2 Å². The molecular formula is C24H31N5O4. The van der Waals surface area contributed by atoms with Gasteiger partial charge in [-0.2, -0.15) is 9.50 Å². The molecule has 2 N–H and O–H groups in total. The number of allylic oxidation sites excluding steroid dienone is 4. The summed E-state index contributed by atoms with van der Waals surface area (Å²) in [5, 5.41) is 14.1. The second kappa shape index (κ2) is 9.23. The van der Waals surface area contributed by atoms with Crippen LogP contribution in [-0.2, 0) is 16.1 Å². The molecule has 3 aliphatic rings. The van der Waals surface area contributed by atoms with Gasteiger partial charge in [-0.1, -0.05) is 37.5 Å². The number of hydrogen-bond acceptors (Lipinski definition) is 6. The summed E-state index contributed by atoms with van der Waals surface area (Å²) >= 11 is 0. The van der Waals surface area contributed by atoms with E-state index in [1.807, 2.05) is 6.08 Å². The highest BCUT2D eigenvalue weighted by molar-refractivity contribution is 5.86. The number of nitrogens with zero attached hydrogens (tertiary/aromatic N) is 4. The van der Waals surface area contributed by atoms with E-state index >= 15 is 0 Å². The van der Waals surface area contributed by atoms with E-state index < -0.39 is 5.60 Å². The normalized spacial score (nSPS) is 22.6. The standard InChI is InChI=1S/C24H31N5O4/c30-15-19-10-7-13-28(19)22(32)24(11-5-2-6-12-24)33-16-18-14-20(31)29-23(25-18)26-21(27-29)17-8-3-1-4-9-17/h3,8-9,14,19,30H,1-2,4-7,10-13,15-16H2,(H,25,26,27)/t19-/m0/s1. The van der Waals surface area contributed by atoms with E-state index in [1.54, 1.807) is 4.90 Å². The highest BCUT2D eigenvalue weighted by atomic mass is 16.5. The summed E-state index contributed by atoms with van der Waals surface area (Å²) < 4.78 is 7.59. The molecule has 9 heteroatoms. The van der Waals surface area contributed by atoms with Gasteiger partial charge in [-0.15, -0.1) is 5.10 Å². The van der Waals surface area contributed by atoms with Gasteiger partial charge in [0.1, 0.15) is 5.60 Å². The smallest absolute Gasteiger partial charge is 0.275 e. The van der Waals surface area contributed by atoms with Gasteiger partial charge >= 0.3 is 0 Å². The van der Waals surface area contributed by atoms with Crippen LogP contribution in [-0.4, -0.2) is 60.3 Å². The first-order valence-corrected chi connectivity index (χ1v) is 12.0. The monoisotopic (exact) mass is 453 g/mol. The van der Waals surface area contributed by atoms with Gasteiger partial charge in [0.25, 0.3) is 11.5 Å². The van der Waals surface area contributed by atoms with Crippen molar-refractivity contribution in [1.29, 1.82) is 0 Å². The second-order valence-corrected chi connectivity index (χ2v) is 9.26. The lowest BCUT2D eigenvalue weighted by Gasteiger charge is -2.40. The van der Waals surface area contributed by atoms with Crippen LogP contribution in [0.15, 0.2) is 29.1 Å². The van der Waals surface area contributed by atoms with E-state index in [0.717, 1.165) is 50.5 Å². The molecule has 0 bridgehead atoms. The minimum absolute atomic E-state index is 0.0212. The van der Waals surface area contributed by atoms with Crippen molar-refractivity contribution in [2.75, 3.05) is 13.2 Å². The third-order valence-electron chi connectivity index (χ3n) is 7.04. The maximum atomic E-state index is 13.5. The van der Waals surface area contributed by atoms with Crippen molar-refractivity contribution >= 4 is 17.3 Å². The maximum Gasteiger partial charge on any atom is 0.275 e. The van der Waals surface area contributed by atoms with Crippen molar-refractivity contribution in [2.24, 2.45) is 0 Å². The molecular weight excluding hydrogens is 422 g/mol. The van der Waals surface area contributed by atoms with Crippen molar-refractivity contribution in [2.45, 2.75) is 76.0 Å². The van der Waals surface area contributed by atoms with Gasteiger partial charge in [0.05, 0.1) is 19.3 Å². The number of nitrogens with one attached hydrogen (secondary N) is 1. The molecule has 2 aromatic rings. The first kappa shape index (κ1) is 22.0.